The van der Waals surface area contributed by atoms with Gasteiger partial charge in [-0.15, -0.1) is 5.10 Å². The molecule has 156 valence electrons. The smallest absolute Gasteiger partial charge is 0.273 e. The summed E-state index contributed by atoms with van der Waals surface area (Å²) in [5.41, 5.74) is 1.51. The molecule has 0 unspecified atom stereocenters. The van der Waals surface area contributed by atoms with Gasteiger partial charge in [0.1, 0.15) is 11.5 Å². The lowest BCUT2D eigenvalue weighted by atomic mass is 9.91. The molecule has 0 saturated heterocycles. The molecule has 2 aliphatic carbocycles. The molecule has 2 aliphatic rings. The highest BCUT2D eigenvalue weighted by molar-refractivity contribution is 5.92. The number of nitrogens with zero attached hydrogens (tertiary/aromatic N) is 3. The Kier molecular flexibility index (Phi) is 5.99. The fraction of sp³-hybridized carbons (Fsp3) is 0.571. The molecule has 0 spiro atoms. The number of amides is 1. The van der Waals surface area contributed by atoms with Crippen LogP contribution >= 0.6 is 0 Å². The van der Waals surface area contributed by atoms with Gasteiger partial charge in [0.25, 0.3) is 5.91 Å². The third-order valence-corrected chi connectivity index (χ3v) is 5.80. The van der Waals surface area contributed by atoms with Crippen LogP contribution in [0.5, 0.6) is 11.5 Å². The molecule has 29 heavy (non-hydrogen) atoms. The van der Waals surface area contributed by atoms with E-state index in [9.17, 15) is 4.79 Å². The van der Waals surface area contributed by atoms with Crippen LogP contribution in [0.25, 0.3) is 0 Å². The second-order valence-electron chi connectivity index (χ2n) is 7.90. The first-order valence-corrected chi connectivity index (χ1v) is 10.3. The zero-order chi connectivity index (χ0) is 20.2. The normalized spacial score (nSPS) is 21.6. The first-order valence-electron chi connectivity index (χ1n) is 10.3. The van der Waals surface area contributed by atoms with Crippen LogP contribution in [0.1, 0.15) is 60.6 Å². The number of nitrogens with one attached hydrogen (secondary N) is 2. The Morgan fingerprint density at radius 3 is 2.55 bits per heavy atom. The van der Waals surface area contributed by atoms with Crippen molar-refractivity contribution in [3.63, 3.8) is 0 Å². The van der Waals surface area contributed by atoms with Crippen molar-refractivity contribution in [3.05, 3.63) is 35.7 Å². The first kappa shape index (κ1) is 19.7. The summed E-state index contributed by atoms with van der Waals surface area (Å²) in [7, 11) is 3.36. The molecule has 8 nitrogen and oxygen atoms in total. The topological polar surface area (TPSA) is 90.3 Å². The molecule has 1 aromatic heterocycles. The Bertz CT molecular complexity index is 841. The molecule has 4 rings (SSSR count). The molecule has 8 heteroatoms. The summed E-state index contributed by atoms with van der Waals surface area (Å²) in [6.07, 6.45) is 8.06. The lowest BCUT2D eigenvalue weighted by Gasteiger charge is -2.29. The van der Waals surface area contributed by atoms with Gasteiger partial charge in [-0.25, -0.2) is 4.68 Å². The van der Waals surface area contributed by atoms with Gasteiger partial charge in [0.15, 0.2) is 5.69 Å². The summed E-state index contributed by atoms with van der Waals surface area (Å²) < 4.78 is 12.7. The zero-order valence-corrected chi connectivity index (χ0v) is 17.1. The van der Waals surface area contributed by atoms with Gasteiger partial charge >= 0.3 is 0 Å². The van der Waals surface area contributed by atoms with E-state index in [4.69, 9.17) is 9.47 Å². The summed E-state index contributed by atoms with van der Waals surface area (Å²) in [6, 6.07) is 6.94. The fourth-order valence-corrected chi connectivity index (χ4v) is 3.87. The molecule has 2 saturated carbocycles. The number of benzene rings is 1. The van der Waals surface area contributed by atoms with Gasteiger partial charge < -0.3 is 20.1 Å². The lowest BCUT2D eigenvalue weighted by Crippen LogP contribution is -2.33. The van der Waals surface area contributed by atoms with E-state index in [-0.39, 0.29) is 5.91 Å². The van der Waals surface area contributed by atoms with Gasteiger partial charge in [-0.2, -0.15) is 0 Å². The second-order valence-corrected chi connectivity index (χ2v) is 7.90. The van der Waals surface area contributed by atoms with Gasteiger partial charge in [-0.3, -0.25) is 4.79 Å². The van der Waals surface area contributed by atoms with Crippen molar-refractivity contribution in [3.8, 4) is 11.5 Å². The third-order valence-electron chi connectivity index (χ3n) is 5.80. The van der Waals surface area contributed by atoms with E-state index >= 15 is 0 Å². The van der Waals surface area contributed by atoms with Crippen molar-refractivity contribution >= 4 is 5.91 Å². The number of aromatic nitrogens is 3. The van der Waals surface area contributed by atoms with E-state index in [1.165, 1.54) is 0 Å². The molecule has 1 heterocycles. The standard InChI is InChI=1S/C21H29N5O3/c1-28-18-9-10-20(29-2)14(11-18)12-22-15-5-7-17(8-6-15)26-13-19(24-25-26)21(27)23-16-3-4-16/h9-11,13,15-17,22H,3-8,12H2,1-2H3,(H,23,27). The van der Waals surface area contributed by atoms with Crippen LogP contribution in [0.4, 0.5) is 0 Å². The van der Waals surface area contributed by atoms with E-state index in [2.05, 4.69) is 20.9 Å². The Labute approximate surface area is 171 Å². The number of hydrogen-bond donors (Lipinski definition) is 2. The largest absolute Gasteiger partial charge is 0.497 e. The molecule has 2 N–H and O–H groups in total. The number of carbonyl (C=O) groups is 1. The number of carbonyl (C=O) groups excluding carboxylic acids is 1. The van der Waals surface area contributed by atoms with Gasteiger partial charge in [-0.05, 0) is 56.7 Å². The van der Waals surface area contributed by atoms with E-state index < -0.39 is 0 Å². The number of ether oxygens (including phenoxy) is 2. The molecule has 0 aliphatic heterocycles. The highest BCUT2D eigenvalue weighted by Gasteiger charge is 2.27. The van der Waals surface area contributed by atoms with E-state index in [1.807, 2.05) is 22.9 Å². The highest BCUT2D eigenvalue weighted by Crippen LogP contribution is 2.29. The maximum Gasteiger partial charge on any atom is 0.273 e. The molecule has 1 amide bonds. The fourth-order valence-electron chi connectivity index (χ4n) is 3.87. The van der Waals surface area contributed by atoms with Gasteiger partial charge in [0.05, 0.1) is 26.5 Å². The van der Waals surface area contributed by atoms with Gasteiger partial charge in [-0.1, -0.05) is 5.21 Å². The minimum Gasteiger partial charge on any atom is -0.497 e. The van der Waals surface area contributed by atoms with Crippen LogP contribution in [0.15, 0.2) is 24.4 Å². The zero-order valence-electron chi connectivity index (χ0n) is 17.1. The highest BCUT2D eigenvalue weighted by atomic mass is 16.5. The summed E-state index contributed by atoms with van der Waals surface area (Å²) in [6.45, 7) is 0.741. The van der Waals surface area contributed by atoms with E-state index in [0.717, 1.165) is 62.1 Å². The van der Waals surface area contributed by atoms with Gasteiger partial charge in [0.2, 0.25) is 0 Å². The maximum atomic E-state index is 12.1. The Hall–Kier alpha value is -2.61. The maximum absolute atomic E-state index is 12.1. The van der Waals surface area contributed by atoms with Crippen LogP contribution in [-0.2, 0) is 6.54 Å². The Balaban J connectivity index is 1.27. The van der Waals surface area contributed by atoms with Crippen molar-refractivity contribution in [2.45, 2.75) is 63.2 Å². The van der Waals surface area contributed by atoms with E-state index in [0.29, 0.717) is 23.8 Å². The molecule has 2 aromatic rings. The lowest BCUT2D eigenvalue weighted by molar-refractivity contribution is 0.0946. The molecule has 0 atom stereocenters. The average molecular weight is 399 g/mol. The third kappa shape index (κ3) is 4.87. The van der Waals surface area contributed by atoms with Crippen molar-refractivity contribution in [2.24, 2.45) is 0 Å². The van der Waals surface area contributed by atoms with E-state index in [1.54, 1.807) is 20.4 Å². The second kappa shape index (κ2) is 8.82. The summed E-state index contributed by atoms with van der Waals surface area (Å²) in [5, 5.41) is 14.9. The predicted octanol–water partition coefficient (Wildman–Crippen LogP) is 2.46. The summed E-state index contributed by atoms with van der Waals surface area (Å²) in [4.78, 5) is 12.1. The number of methoxy groups -OCH3 is 2. The van der Waals surface area contributed by atoms with Crippen molar-refractivity contribution in [1.82, 2.24) is 25.6 Å². The average Bonchev–Trinajstić information content (AvgIpc) is 3.43. The first-order chi connectivity index (χ1) is 14.2. The molecular formula is C21H29N5O3. The monoisotopic (exact) mass is 399 g/mol. The molecular weight excluding hydrogens is 370 g/mol. The molecule has 1 aromatic carbocycles. The quantitative estimate of drug-likeness (QED) is 0.709. The molecule has 0 radical (unpaired) electrons. The van der Waals surface area contributed by atoms with Crippen LogP contribution in [0, 0.1) is 0 Å². The summed E-state index contributed by atoms with van der Waals surface area (Å²) in [5.74, 6) is 1.59. The number of rotatable bonds is 8. The van der Waals surface area contributed by atoms with Crippen molar-refractivity contribution < 1.29 is 14.3 Å². The van der Waals surface area contributed by atoms with Crippen molar-refractivity contribution in [1.29, 1.82) is 0 Å². The minimum absolute atomic E-state index is 0.110. The SMILES string of the molecule is COc1ccc(OC)c(CNC2CCC(n3cc(C(=O)NC4CC4)nn3)CC2)c1. The predicted molar refractivity (Wildman–Crippen MR) is 108 cm³/mol. The summed E-state index contributed by atoms with van der Waals surface area (Å²) >= 11 is 0. The molecule has 2 fully saturated rings. The van der Waals surface area contributed by atoms with Crippen LogP contribution in [0.3, 0.4) is 0 Å². The molecule has 0 bridgehead atoms. The van der Waals surface area contributed by atoms with Crippen LogP contribution < -0.4 is 20.1 Å². The minimum atomic E-state index is -0.110. The van der Waals surface area contributed by atoms with Gasteiger partial charge in [0, 0.05) is 24.2 Å². The Morgan fingerprint density at radius 2 is 1.86 bits per heavy atom. The van der Waals surface area contributed by atoms with Crippen molar-refractivity contribution in [2.75, 3.05) is 14.2 Å². The number of hydrogen-bond acceptors (Lipinski definition) is 6. The van der Waals surface area contributed by atoms with Crippen LogP contribution in [-0.4, -0.2) is 47.2 Å². The Morgan fingerprint density at radius 1 is 1.10 bits per heavy atom. The van der Waals surface area contributed by atoms with Crippen LogP contribution in [0.2, 0.25) is 0 Å².